The van der Waals surface area contributed by atoms with Crippen LogP contribution in [0.2, 0.25) is 5.02 Å². The molecule has 188 valence electrons. The first-order valence-corrected chi connectivity index (χ1v) is 12.5. The van der Waals surface area contributed by atoms with Crippen molar-refractivity contribution < 1.29 is 18.8 Å². The van der Waals surface area contributed by atoms with Gasteiger partial charge in [-0.05, 0) is 55.7 Å². The van der Waals surface area contributed by atoms with E-state index in [0.29, 0.717) is 25.9 Å². The molecule has 0 aromatic heterocycles. The number of carbonyl (C=O) groups excluding carboxylic acids is 3. The topological polar surface area (TPSA) is 102 Å². The number of allylic oxidation sites excluding steroid dienone is 4. The summed E-state index contributed by atoms with van der Waals surface area (Å²) in [6, 6.07) is 4.66. The Morgan fingerprint density at radius 2 is 2.19 bits per heavy atom. The summed E-state index contributed by atoms with van der Waals surface area (Å²) in [6.45, 7) is 0.932. The highest BCUT2D eigenvalue weighted by atomic mass is 35.5. The zero-order valence-electron chi connectivity index (χ0n) is 19.7. The molecule has 2 fully saturated rings. The highest BCUT2D eigenvalue weighted by Crippen LogP contribution is 2.34. The van der Waals surface area contributed by atoms with Crippen LogP contribution in [0.1, 0.15) is 31.2 Å². The van der Waals surface area contributed by atoms with Gasteiger partial charge in [0.2, 0.25) is 17.7 Å². The minimum Gasteiger partial charge on any atom is -0.356 e. The van der Waals surface area contributed by atoms with Gasteiger partial charge in [-0.15, -0.1) is 0 Å². The second kappa shape index (κ2) is 11.5. The number of nitrogens with one attached hydrogen (secondary N) is 2. The minimum absolute atomic E-state index is 0.0627. The molecule has 0 bridgehead atoms. The third-order valence-corrected chi connectivity index (χ3v) is 7.30. The van der Waals surface area contributed by atoms with Gasteiger partial charge in [-0.2, -0.15) is 5.26 Å². The summed E-state index contributed by atoms with van der Waals surface area (Å²) < 4.78 is 14.2. The van der Waals surface area contributed by atoms with Gasteiger partial charge in [-0.1, -0.05) is 42.0 Å². The van der Waals surface area contributed by atoms with Gasteiger partial charge in [-0.25, -0.2) is 4.39 Å². The molecule has 1 aliphatic carbocycles. The maximum Gasteiger partial charge on any atom is 0.247 e. The van der Waals surface area contributed by atoms with Crippen LogP contribution in [0.15, 0.2) is 48.6 Å². The van der Waals surface area contributed by atoms with E-state index in [1.54, 1.807) is 0 Å². The quantitative estimate of drug-likeness (QED) is 0.549. The molecule has 1 aromatic carbocycles. The second-order valence-corrected chi connectivity index (χ2v) is 9.85. The number of amides is 3. The van der Waals surface area contributed by atoms with Crippen molar-refractivity contribution in [1.29, 1.82) is 5.26 Å². The molecule has 0 spiro atoms. The average molecular weight is 511 g/mol. The maximum absolute atomic E-state index is 14.2. The number of hydrogen-bond acceptors (Lipinski definition) is 4. The van der Waals surface area contributed by atoms with Crippen molar-refractivity contribution in [2.45, 2.75) is 37.8 Å². The Bertz CT molecular complexity index is 1160. The van der Waals surface area contributed by atoms with E-state index in [1.807, 2.05) is 12.2 Å². The van der Waals surface area contributed by atoms with E-state index < -0.39 is 29.7 Å². The Labute approximate surface area is 214 Å². The molecule has 5 atom stereocenters. The van der Waals surface area contributed by atoms with E-state index in [9.17, 15) is 24.0 Å². The predicted octanol–water partition coefficient (Wildman–Crippen LogP) is 3.38. The number of rotatable bonds is 7. The summed E-state index contributed by atoms with van der Waals surface area (Å²) in [5, 5.41) is 15.3. The van der Waals surface area contributed by atoms with Crippen molar-refractivity contribution in [1.82, 2.24) is 15.5 Å². The lowest BCUT2D eigenvalue weighted by Crippen LogP contribution is -2.48. The van der Waals surface area contributed by atoms with Crippen LogP contribution in [0.3, 0.4) is 0 Å². The first-order valence-electron chi connectivity index (χ1n) is 12.1. The molecule has 1 unspecified atom stereocenters. The zero-order valence-corrected chi connectivity index (χ0v) is 20.5. The third-order valence-electron chi connectivity index (χ3n) is 7.06. The van der Waals surface area contributed by atoms with Crippen LogP contribution >= 0.6 is 11.6 Å². The van der Waals surface area contributed by atoms with Crippen LogP contribution in [0, 0.1) is 34.9 Å². The van der Waals surface area contributed by atoms with Crippen LogP contribution < -0.4 is 10.6 Å². The van der Waals surface area contributed by atoms with Crippen molar-refractivity contribution >= 4 is 35.4 Å². The number of halogens is 2. The smallest absolute Gasteiger partial charge is 0.247 e. The summed E-state index contributed by atoms with van der Waals surface area (Å²) in [5.74, 6) is -1.56. The Morgan fingerprint density at radius 3 is 2.86 bits per heavy atom. The standard InChI is InChI=1S/C27H28ClFN4O3/c28-21-8-6-18(23(29)14-21)7-9-25(34)33-16-20(17-4-2-1-3-5-17)13-24(33)27(36)32-22(15-30)12-19-10-11-31-26(19)35/h1-4,6-9,14,17,19-20,22,24H,5,10-13,16H2,(H,31,35)(H,32,36)/b9-7+/t17?,19-,20+,22-,24-/m0/s1. The number of benzene rings is 1. The number of likely N-dealkylation sites (tertiary alicyclic amines) is 1. The lowest BCUT2D eigenvalue weighted by Gasteiger charge is -2.24. The van der Waals surface area contributed by atoms with Gasteiger partial charge in [0, 0.05) is 35.7 Å². The molecule has 4 rings (SSSR count). The Kier molecular flexibility index (Phi) is 8.21. The highest BCUT2D eigenvalue weighted by molar-refractivity contribution is 6.30. The first-order chi connectivity index (χ1) is 17.4. The van der Waals surface area contributed by atoms with E-state index >= 15 is 0 Å². The summed E-state index contributed by atoms with van der Waals surface area (Å²) in [7, 11) is 0. The van der Waals surface area contributed by atoms with Crippen LogP contribution in [0.4, 0.5) is 4.39 Å². The lowest BCUT2D eigenvalue weighted by molar-refractivity contribution is -0.135. The Morgan fingerprint density at radius 1 is 1.36 bits per heavy atom. The molecule has 2 aliphatic heterocycles. The maximum atomic E-state index is 14.2. The number of carbonyl (C=O) groups is 3. The molecule has 2 N–H and O–H groups in total. The third kappa shape index (κ3) is 6.03. The molecule has 2 heterocycles. The van der Waals surface area contributed by atoms with E-state index in [4.69, 9.17) is 11.6 Å². The molecule has 0 radical (unpaired) electrons. The summed E-state index contributed by atoms with van der Waals surface area (Å²) in [4.78, 5) is 39.9. The largest absolute Gasteiger partial charge is 0.356 e. The molecule has 7 nitrogen and oxygen atoms in total. The van der Waals surface area contributed by atoms with E-state index in [-0.39, 0.29) is 40.7 Å². The molecule has 9 heteroatoms. The van der Waals surface area contributed by atoms with Gasteiger partial charge in [-0.3, -0.25) is 14.4 Å². The minimum atomic E-state index is -0.835. The normalized spacial score (nSPS) is 26.1. The van der Waals surface area contributed by atoms with Gasteiger partial charge in [0.05, 0.1) is 6.07 Å². The van der Waals surface area contributed by atoms with Gasteiger partial charge in [0.25, 0.3) is 0 Å². The Hall–Kier alpha value is -3.44. The van der Waals surface area contributed by atoms with Gasteiger partial charge in [0.15, 0.2) is 0 Å². The SMILES string of the molecule is N#C[C@H](C[C@@H]1CCNC1=O)NC(=O)[C@@H]1C[C@@H](C2C=CC=CC2)CN1C(=O)/C=C/c1ccc(Cl)cc1F. The Balaban J connectivity index is 1.49. The van der Waals surface area contributed by atoms with Crippen LogP contribution in [-0.2, 0) is 14.4 Å². The highest BCUT2D eigenvalue weighted by Gasteiger charge is 2.42. The number of nitrogens with zero attached hydrogens (tertiary/aromatic N) is 2. The van der Waals surface area contributed by atoms with Gasteiger partial charge < -0.3 is 15.5 Å². The molecular weight excluding hydrogens is 483 g/mol. The van der Waals surface area contributed by atoms with Gasteiger partial charge in [0.1, 0.15) is 17.9 Å². The predicted molar refractivity (Wildman–Crippen MR) is 134 cm³/mol. The van der Waals surface area contributed by atoms with Gasteiger partial charge >= 0.3 is 0 Å². The van der Waals surface area contributed by atoms with E-state index in [1.165, 1.54) is 35.3 Å². The van der Waals surface area contributed by atoms with E-state index in [2.05, 4.69) is 28.9 Å². The van der Waals surface area contributed by atoms with Crippen LogP contribution in [0.5, 0.6) is 0 Å². The van der Waals surface area contributed by atoms with Crippen molar-refractivity contribution in [2.24, 2.45) is 17.8 Å². The fraction of sp³-hybridized carbons (Fsp3) is 0.407. The fourth-order valence-electron chi connectivity index (χ4n) is 5.08. The fourth-order valence-corrected chi connectivity index (χ4v) is 5.24. The van der Waals surface area contributed by atoms with Crippen molar-refractivity contribution in [3.8, 4) is 6.07 Å². The molecule has 3 amide bonds. The lowest BCUT2D eigenvalue weighted by atomic mass is 9.85. The first kappa shape index (κ1) is 25.6. The molecule has 3 aliphatic rings. The molecular formula is C27H28ClFN4O3. The summed E-state index contributed by atoms with van der Waals surface area (Å²) in [5.41, 5.74) is 0.212. The monoisotopic (exact) mass is 510 g/mol. The summed E-state index contributed by atoms with van der Waals surface area (Å²) in [6.07, 6.45) is 12.8. The number of hydrogen-bond donors (Lipinski definition) is 2. The van der Waals surface area contributed by atoms with Crippen molar-refractivity contribution in [2.75, 3.05) is 13.1 Å². The number of nitriles is 1. The van der Waals surface area contributed by atoms with Crippen molar-refractivity contribution in [3.05, 3.63) is 65.0 Å². The van der Waals surface area contributed by atoms with Crippen LogP contribution in [-0.4, -0.2) is 47.8 Å². The molecule has 0 saturated carbocycles. The second-order valence-electron chi connectivity index (χ2n) is 9.42. The summed E-state index contributed by atoms with van der Waals surface area (Å²) >= 11 is 5.80. The molecule has 36 heavy (non-hydrogen) atoms. The average Bonchev–Trinajstić information content (AvgIpc) is 3.50. The molecule has 2 saturated heterocycles. The van der Waals surface area contributed by atoms with Crippen LogP contribution in [0.25, 0.3) is 6.08 Å². The molecule has 1 aromatic rings. The van der Waals surface area contributed by atoms with Crippen molar-refractivity contribution in [3.63, 3.8) is 0 Å². The zero-order chi connectivity index (χ0) is 25.7. The van der Waals surface area contributed by atoms with E-state index in [0.717, 1.165) is 6.42 Å².